The molecule has 0 aliphatic rings. The van der Waals surface area contributed by atoms with E-state index in [1.807, 2.05) is 36.4 Å². The fourth-order valence-corrected chi connectivity index (χ4v) is 4.48. The van der Waals surface area contributed by atoms with Gasteiger partial charge in [0, 0.05) is 13.1 Å². The lowest BCUT2D eigenvalue weighted by molar-refractivity contribution is 0.588. The molecule has 2 rings (SSSR count). The van der Waals surface area contributed by atoms with Crippen molar-refractivity contribution in [1.82, 2.24) is 10.0 Å². The Bertz CT molecular complexity index is 926. The standard InChI is InChI=1S/C18H16Cl4N2O2S/c19-15(17(20)21)16(18(22)23-11-13-7-3-1-4-8-13)27(25,26)24-12-14-9-5-2-6-10-14/h1-10,23-24H,11-12H2/b18-16-. The van der Waals surface area contributed by atoms with E-state index < -0.39 is 19.4 Å². The lowest BCUT2D eigenvalue weighted by Crippen LogP contribution is -2.27. The molecule has 0 atom stereocenters. The molecular formula is C18H16Cl4N2O2S. The van der Waals surface area contributed by atoms with Crippen LogP contribution in [0.2, 0.25) is 0 Å². The first-order valence-corrected chi connectivity index (χ1v) is 10.7. The van der Waals surface area contributed by atoms with Crippen molar-refractivity contribution in [2.24, 2.45) is 0 Å². The predicted molar refractivity (Wildman–Crippen MR) is 113 cm³/mol. The van der Waals surface area contributed by atoms with E-state index >= 15 is 0 Å². The van der Waals surface area contributed by atoms with Gasteiger partial charge in [0.25, 0.3) is 0 Å². The number of sulfonamides is 1. The van der Waals surface area contributed by atoms with E-state index in [2.05, 4.69) is 10.0 Å². The number of nitrogens with one attached hydrogen (secondary N) is 2. The second-order valence-electron chi connectivity index (χ2n) is 5.37. The normalized spacial score (nSPS) is 12.3. The van der Waals surface area contributed by atoms with Crippen molar-refractivity contribution in [2.75, 3.05) is 0 Å². The summed E-state index contributed by atoms with van der Waals surface area (Å²) >= 11 is 23.7. The summed E-state index contributed by atoms with van der Waals surface area (Å²) in [5, 5.41) is 2.27. The first-order valence-electron chi connectivity index (χ1n) is 7.73. The van der Waals surface area contributed by atoms with Crippen LogP contribution in [0.15, 0.2) is 80.2 Å². The smallest absolute Gasteiger partial charge is 0.245 e. The van der Waals surface area contributed by atoms with Crippen LogP contribution in [0.3, 0.4) is 0 Å². The van der Waals surface area contributed by atoms with Gasteiger partial charge in [0.05, 0.1) is 5.03 Å². The minimum Gasteiger partial charge on any atom is -0.371 e. The molecule has 144 valence electrons. The van der Waals surface area contributed by atoms with E-state index in [4.69, 9.17) is 46.4 Å². The lowest BCUT2D eigenvalue weighted by Gasteiger charge is -2.14. The second kappa shape index (κ2) is 10.4. The van der Waals surface area contributed by atoms with Crippen molar-refractivity contribution in [1.29, 1.82) is 0 Å². The fourth-order valence-electron chi connectivity index (χ4n) is 2.12. The number of allylic oxidation sites excluding steroid dienone is 1. The molecule has 4 nitrogen and oxygen atoms in total. The van der Waals surface area contributed by atoms with E-state index in [0.717, 1.165) is 11.1 Å². The average molecular weight is 466 g/mol. The van der Waals surface area contributed by atoms with Crippen LogP contribution in [0.5, 0.6) is 0 Å². The quantitative estimate of drug-likeness (QED) is 0.416. The Hall–Kier alpha value is -1.21. The highest BCUT2D eigenvalue weighted by molar-refractivity contribution is 7.93. The van der Waals surface area contributed by atoms with Crippen LogP contribution in [0.4, 0.5) is 0 Å². The molecule has 0 spiro atoms. The third-order valence-electron chi connectivity index (χ3n) is 3.43. The van der Waals surface area contributed by atoms with Gasteiger partial charge >= 0.3 is 0 Å². The van der Waals surface area contributed by atoms with Crippen molar-refractivity contribution in [3.05, 3.63) is 91.4 Å². The van der Waals surface area contributed by atoms with Crippen LogP contribution in [-0.4, -0.2) is 8.42 Å². The Kier molecular flexibility index (Phi) is 8.48. The minimum atomic E-state index is -4.09. The molecule has 0 aromatic heterocycles. The molecular weight excluding hydrogens is 450 g/mol. The van der Waals surface area contributed by atoms with Crippen LogP contribution in [0, 0.1) is 0 Å². The monoisotopic (exact) mass is 464 g/mol. The number of benzene rings is 2. The molecule has 27 heavy (non-hydrogen) atoms. The summed E-state index contributed by atoms with van der Waals surface area (Å²) in [7, 11) is -4.09. The molecule has 0 bridgehead atoms. The summed E-state index contributed by atoms with van der Waals surface area (Å²) in [6, 6.07) is 18.3. The fraction of sp³-hybridized carbons (Fsp3) is 0.111. The predicted octanol–water partition coefficient (Wildman–Crippen LogP) is 5.19. The number of rotatable bonds is 8. The lowest BCUT2D eigenvalue weighted by atomic mass is 10.2. The molecule has 2 aromatic carbocycles. The zero-order valence-corrected chi connectivity index (χ0v) is 17.8. The van der Waals surface area contributed by atoms with E-state index in [-0.39, 0.29) is 16.7 Å². The minimum absolute atomic E-state index is 0.0552. The topological polar surface area (TPSA) is 58.2 Å². The zero-order chi connectivity index (χ0) is 19.9. The van der Waals surface area contributed by atoms with Crippen LogP contribution in [0.25, 0.3) is 0 Å². The molecule has 0 unspecified atom stereocenters. The van der Waals surface area contributed by atoms with Gasteiger partial charge in [0.15, 0.2) is 0 Å². The van der Waals surface area contributed by atoms with Crippen molar-refractivity contribution < 1.29 is 8.42 Å². The largest absolute Gasteiger partial charge is 0.371 e. The van der Waals surface area contributed by atoms with Gasteiger partial charge in [-0.05, 0) is 11.1 Å². The average Bonchev–Trinajstić information content (AvgIpc) is 2.66. The molecule has 0 aliphatic carbocycles. The van der Waals surface area contributed by atoms with Crippen LogP contribution in [-0.2, 0) is 23.1 Å². The third kappa shape index (κ3) is 6.71. The molecule has 0 saturated carbocycles. The maximum absolute atomic E-state index is 12.8. The van der Waals surface area contributed by atoms with Gasteiger partial charge in [-0.3, -0.25) is 0 Å². The van der Waals surface area contributed by atoms with Gasteiger partial charge in [-0.2, -0.15) is 0 Å². The first kappa shape index (κ1) is 22.1. The molecule has 2 N–H and O–H groups in total. The summed E-state index contributed by atoms with van der Waals surface area (Å²) < 4.78 is 27.6. The highest BCUT2D eigenvalue weighted by atomic mass is 35.5. The third-order valence-corrected chi connectivity index (χ3v) is 6.40. The summed E-state index contributed by atoms with van der Waals surface area (Å²) in [5.74, 6) is 0. The Balaban J connectivity index is 2.27. The maximum Gasteiger partial charge on any atom is 0.245 e. The van der Waals surface area contributed by atoms with Gasteiger partial charge in [-0.1, -0.05) is 107 Å². The molecule has 0 heterocycles. The molecule has 2 aromatic rings. The summed E-state index contributed by atoms with van der Waals surface area (Å²) in [5.41, 5.74) is 1.67. The van der Waals surface area contributed by atoms with Gasteiger partial charge in [-0.15, -0.1) is 0 Å². The Morgan fingerprint density at radius 1 is 0.778 bits per heavy atom. The molecule has 9 heteroatoms. The molecule has 0 fully saturated rings. The second-order valence-corrected chi connectivity index (χ2v) is 8.78. The summed E-state index contributed by atoms with van der Waals surface area (Å²) in [6.07, 6.45) is 0. The highest BCUT2D eigenvalue weighted by Gasteiger charge is 2.26. The van der Waals surface area contributed by atoms with Gasteiger partial charge in [0.2, 0.25) is 10.0 Å². The van der Waals surface area contributed by atoms with Crippen LogP contribution < -0.4 is 10.0 Å². The first-order chi connectivity index (χ1) is 12.8. The van der Waals surface area contributed by atoms with E-state index in [1.165, 1.54) is 0 Å². The number of hydrogen-bond acceptors (Lipinski definition) is 3. The number of hydrogen-bond donors (Lipinski definition) is 2. The van der Waals surface area contributed by atoms with Crippen molar-refractivity contribution >= 4 is 56.4 Å². The maximum atomic E-state index is 12.8. The van der Waals surface area contributed by atoms with Crippen molar-refractivity contribution in [3.8, 4) is 0 Å². The van der Waals surface area contributed by atoms with Crippen molar-refractivity contribution in [2.45, 2.75) is 13.1 Å². The van der Waals surface area contributed by atoms with Crippen LogP contribution >= 0.6 is 46.4 Å². The highest BCUT2D eigenvalue weighted by Crippen LogP contribution is 2.31. The van der Waals surface area contributed by atoms with E-state index in [9.17, 15) is 8.42 Å². The van der Waals surface area contributed by atoms with Gasteiger partial charge in [0.1, 0.15) is 14.6 Å². The van der Waals surface area contributed by atoms with E-state index in [1.54, 1.807) is 24.3 Å². The number of halogens is 4. The van der Waals surface area contributed by atoms with E-state index in [0.29, 0.717) is 6.54 Å². The molecule has 0 aliphatic heterocycles. The Morgan fingerprint density at radius 3 is 1.74 bits per heavy atom. The Labute approximate surface area is 178 Å². The van der Waals surface area contributed by atoms with Gasteiger partial charge in [-0.25, -0.2) is 13.1 Å². The Morgan fingerprint density at radius 2 is 1.26 bits per heavy atom. The molecule has 0 amide bonds. The summed E-state index contributed by atoms with van der Waals surface area (Å²) in [4.78, 5) is -0.419. The van der Waals surface area contributed by atoms with Gasteiger partial charge < -0.3 is 5.32 Å². The summed E-state index contributed by atoms with van der Waals surface area (Å²) in [6.45, 7) is 0.348. The molecule has 0 radical (unpaired) electrons. The molecule has 0 saturated heterocycles. The zero-order valence-electron chi connectivity index (χ0n) is 13.9. The van der Waals surface area contributed by atoms with Crippen LogP contribution in [0.1, 0.15) is 11.1 Å². The van der Waals surface area contributed by atoms with Crippen molar-refractivity contribution in [3.63, 3.8) is 0 Å². The SMILES string of the molecule is O=S(=O)(NCc1ccccc1)/C(C(Cl)=C(Cl)Cl)=C(/Cl)NCc1ccccc1.